The Labute approximate surface area is 92.4 Å². The number of hydrogen-bond donors (Lipinski definition) is 0. The quantitative estimate of drug-likeness (QED) is 0.673. The van der Waals surface area contributed by atoms with Crippen molar-refractivity contribution in [2.24, 2.45) is 5.41 Å². The molecule has 0 aromatic heterocycles. The summed E-state index contributed by atoms with van der Waals surface area (Å²) in [6.07, 6.45) is 3.48. The van der Waals surface area contributed by atoms with Crippen LogP contribution in [0.4, 0.5) is 0 Å². The first-order chi connectivity index (χ1) is 7.07. The van der Waals surface area contributed by atoms with Crippen molar-refractivity contribution in [2.75, 3.05) is 13.6 Å². The molecule has 80 valence electrons. The van der Waals surface area contributed by atoms with Gasteiger partial charge in [0, 0.05) is 19.3 Å². The van der Waals surface area contributed by atoms with Crippen molar-refractivity contribution in [1.82, 2.24) is 4.90 Å². The Bertz CT molecular complexity index is 362. The van der Waals surface area contributed by atoms with Crippen molar-refractivity contribution in [3.05, 3.63) is 41.6 Å². The molecule has 1 aromatic rings. The zero-order chi connectivity index (χ0) is 10.9. The normalized spacial score (nSPS) is 22.3. The SMILES string of the molecule is CN1CC(C)(C)C/C1=C/c1ccccc1. The van der Waals surface area contributed by atoms with Gasteiger partial charge in [-0.05, 0) is 23.5 Å². The van der Waals surface area contributed by atoms with Gasteiger partial charge in [0.25, 0.3) is 0 Å². The van der Waals surface area contributed by atoms with Crippen LogP contribution in [0.25, 0.3) is 6.08 Å². The van der Waals surface area contributed by atoms with Crippen LogP contribution in [0.5, 0.6) is 0 Å². The molecular weight excluding hydrogens is 182 g/mol. The summed E-state index contributed by atoms with van der Waals surface area (Å²) >= 11 is 0. The number of allylic oxidation sites excluding steroid dienone is 1. The van der Waals surface area contributed by atoms with Crippen LogP contribution in [0.15, 0.2) is 36.0 Å². The average molecular weight is 201 g/mol. The molecule has 1 heteroatoms. The summed E-state index contributed by atoms with van der Waals surface area (Å²) in [5.41, 5.74) is 3.18. The molecule has 1 heterocycles. The smallest absolute Gasteiger partial charge is 0.0226 e. The molecule has 0 unspecified atom stereocenters. The van der Waals surface area contributed by atoms with E-state index in [-0.39, 0.29) is 0 Å². The second-order valence-electron chi connectivity index (χ2n) is 5.24. The summed E-state index contributed by atoms with van der Waals surface area (Å²) in [7, 11) is 2.18. The number of nitrogens with zero attached hydrogens (tertiary/aromatic N) is 1. The van der Waals surface area contributed by atoms with E-state index in [4.69, 9.17) is 0 Å². The van der Waals surface area contributed by atoms with Crippen molar-refractivity contribution in [3.63, 3.8) is 0 Å². The molecule has 1 aliphatic heterocycles. The van der Waals surface area contributed by atoms with Crippen molar-refractivity contribution in [2.45, 2.75) is 20.3 Å². The highest BCUT2D eigenvalue weighted by Crippen LogP contribution is 2.35. The minimum atomic E-state index is 0.426. The lowest BCUT2D eigenvalue weighted by atomic mass is 9.92. The maximum absolute atomic E-state index is 2.37. The first kappa shape index (κ1) is 10.3. The van der Waals surface area contributed by atoms with Gasteiger partial charge in [0.05, 0.1) is 0 Å². The summed E-state index contributed by atoms with van der Waals surface area (Å²) in [4.78, 5) is 2.37. The lowest BCUT2D eigenvalue weighted by Crippen LogP contribution is -2.17. The first-order valence-corrected chi connectivity index (χ1v) is 5.54. The molecule has 0 N–H and O–H groups in total. The monoisotopic (exact) mass is 201 g/mol. The van der Waals surface area contributed by atoms with Crippen LogP contribution in [-0.4, -0.2) is 18.5 Å². The van der Waals surface area contributed by atoms with Gasteiger partial charge in [-0.3, -0.25) is 0 Å². The van der Waals surface area contributed by atoms with Gasteiger partial charge < -0.3 is 4.90 Å². The van der Waals surface area contributed by atoms with Crippen LogP contribution in [0.2, 0.25) is 0 Å². The molecule has 0 atom stereocenters. The van der Waals surface area contributed by atoms with E-state index in [0.717, 1.165) is 6.54 Å². The fourth-order valence-electron chi connectivity index (χ4n) is 2.33. The van der Waals surface area contributed by atoms with E-state index >= 15 is 0 Å². The molecule has 1 nitrogen and oxygen atoms in total. The van der Waals surface area contributed by atoms with E-state index in [9.17, 15) is 0 Å². The average Bonchev–Trinajstić information content (AvgIpc) is 2.41. The molecule has 1 aromatic carbocycles. The fourth-order valence-corrected chi connectivity index (χ4v) is 2.33. The lowest BCUT2D eigenvalue weighted by Gasteiger charge is -2.16. The second-order valence-corrected chi connectivity index (χ2v) is 5.24. The van der Waals surface area contributed by atoms with E-state index in [1.807, 2.05) is 0 Å². The van der Waals surface area contributed by atoms with Gasteiger partial charge in [0.2, 0.25) is 0 Å². The molecule has 1 fully saturated rings. The second kappa shape index (κ2) is 3.73. The van der Waals surface area contributed by atoms with Crippen molar-refractivity contribution in [3.8, 4) is 0 Å². The molecule has 15 heavy (non-hydrogen) atoms. The largest absolute Gasteiger partial charge is 0.377 e. The van der Waals surface area contributed by atoms with Gasteiger partial charge in [-0.25, -0.2) is 0 Å². The Morgan fingerprint density at radius 2 is 1.87 bits per heavy atom. The van der Waals surface area contributed by atoms with Gasteiger partial charge >= 0.3 is 0 Å². The molecule has 0 bridgehead atoms. The molecular formula is C14H19N. The molecule has 1 saturated heterocycles. The molecule has 0 saturated carbocycles. The predicted octanol–water partition coefficient (Wildman–Crippen LogP) is 3.39. The molecule has 0 spiro atoms. The summed E-state index contributed by atoms with van der Waals surface area (Å²) in [6.45, 7) is 5.82. The van der Waals surface area contributed by atoms with Crippen molar-refractivity contribution >= 4 is 6.08 Å². The van der Waals surface area contributed by atoms with Crippen LogP contribution < -0.4 is 0 Å². The van der Waals surface area contributed by atoms with Gasteiger partial charge in [-0.1, -0.05) is 44.2 Å². The lowest BCUT2D eigenvalue weighted by molar-refractivity contribution is 0.345. The highest BCUT2D eigenvalue weighted by molar-refractivity contribution is 5.53. The number of benzene rings is 1. The van der Waals surface area contributed by atoms with E-state index in [1.54, 1.807) is 0 Å². The Hall–Kier alpha value is -1.24. The van der Waals surface area contributed by atoms with Crippen LogP contribution in [0, 0.1) is 5.41 Å². The van der Waals surface area contributed by atoms with E-state index in [2.05, 4.69) is 62.2 Å². The predicted molar refractivity (Wildman–Crippen MR) is 65.4 cm³/mol. The summed E-state index contributed by atoms with van der Waals surface area (Å²) < 4.78 is 0. The maximum Gasteiger partial charge on any atom is 0.0226 e. The third-order valence-electron chi connectivity index (χ3n) is 2.95. The molecule has 0 radical (unpaired) electrons. The Balaban J connectivity index is 2.22. The number of rotatable bonds is 1. The third kappa shape index (κ3) is 2.41. The maximum atomic E-state index is 2.37. The zero-order valence-electron chi connectivity index (χ0n) is 9.83. The highest BCUT2D eigenvalue weighted by Gasteiger charge is 2.30. The minimum absolute atomic E-state index is 0.426. The summed E-state index contributed by atoms with van der Waals surface area (Å²) in [6, 6.07) is 10.6. The van der Waals surface area contributed by atoms with Gasteiger partial charge in [0.1, 0.15) is 0 Å². The zero-order valence-corrected chi connectivity index (χ0v) is 9.83. The highest BCUT2D eigenvalue weighted by atomic mass is 15.1. The van der Waals surface area contributed by atoms with Gasteiger partial charge in [-0.15, -0.1) is 0 Å². The van der Waals surface area contributed by atoms with E-state index < -0.39 is 0 Å². The van der Waals surface area contributed by atoms with Gasteiger partial charge in [0.15, 0.2) is 0 Å². The number of likely N-dealkylation sites (tertiary alicyclic amines) is 1. The summed E-state index contributed by atoms with van der Waals surface area (Å²) in [5.74, 6) is 0. The molecule has 0 amide bonds. The Morgan fingerprint density at radius 3 is 2.40 bits per heavy atom. The summed E-state index contributed by atoms with van der Waals surface area (Å²) in [5, 5.41) is 0. The third-order valence-corrected chi connectivity index (χ3v) is 2.95. The molecule has 1 aliphatic rings. The van der Waals surface area contributed by atoms with Crippen LogP contribution in [0.1, 0.15) is 25.8 Å². The van der Waals surface area contributed by atoms with Crippen LogP contribution in [0.3, 0.4) is 0 Å². The standard InChI is InChI=1S/C14H19N/c1-14(2)10-13(15(3)11-14)9-12-7-5-4-6-8-12/h4-9H,10-11H2,1-3H3/b13-9-. The first-order valence-electron chi connectivity index (χ1n) is 5.54. The molecule has 0 aliphatic carbocycles. The minimum Gasteiger partial charge on any atom is -0.377 e. The van der Waals surface area contributed by atoms with Crippen LogP contribution >= 0.6 is 0 Å². The van der Waals surface area contributed by atoms with Crippen LogP contribution in [-0.2, 0) is 0 Å². The Morgan fingerprint density at radius 1 is 1.20 bits per heavy atom. The topological polar surface area (TPSA) is 3.24 Å². The fraction of sp³-hybridized carbons (Fsp3) is 0.429. The van der Waals surface area contributed by atoms with E-state index in [1.165, 1.54) is 17.7 Å². The molecule has 2 rings (SSSR count). The Kier molecular flexibility index (Phi) is 2.56. The van der Waals surface area contributed by atoms with E-state index in [0.29, 0.717) is 5.41 Å². The number of hydrogen-bond acceptors (Lipinski definition) is 1. The van der Waals surface area contributed by atoms with Gasteiger partial charge in [-0.2, -0.15) is 0 Å². The van der Waals surface area contributed by atoms with Crippen molar-refractivity contribution in [1.29, 1.82) is 0 Å². The van der Waals surface area contributed by atoms with Crippen molar-refractivity contribution < 1.29 is 0 Å².